The molecule has 2 aliphatic rings. The number of anilines is 1. The molecule has 3 atom stereocenters. The van der Waals surface area contributed by atoms with E-state index in [1.807, 2.05) is 12.1 Å². The molecule has 2 aliphatic carbocycles. The smallest absolute Gasteiger partial charge is 0.115 e. The van der Waals surface area contributed by atoms with E-state index >= 15 is 0 Å². The van der Waals surface area contributed by atoms with Crippen LogP contribution in [0.3, 0.4) is 0 Å². The number of aryl methyl sites for hydroxylation is 1. The highest BCUT2D eigenvalue weighted by molar-refractivity contribution is 5.48. The van der Waals surface area contributed by atoms with Gasteiger partial charge in [-0.1, -0.05) is 31.5 Å². The highest BCUT2D eigenvalue weighted by Crippen LogP contribution is 2.55. The van der Waals surface area contributed by atoms with Crippen molar-refractivity contribution in [3.63, 3.8) is 0 Å². The maximum atomic E-state index is 11.3. The molecule has 0 spiro atoms. The summed E-state index contributed by atoms with van der Waals surface area (Å²) in [4.78, 5) is 0. The SMILES string of the molecule is CCCC1(O)CCC2(Cc3ccc(NC(C)C)cc3)c3ccc(O)cc3CCC2C1. The highest BCUT2D eigenvalue weighted by atomic mass is 16.3. The fourth-order valence-corrected chi connectivity index (χ4v) is 6.19. The number of aromatic hydroxyl groups is 1. The molecule has 4 rings (SSSR count). The molecule has 2 aromatic rings. The highest BCUT2D eigenvalue weighted by Gasteiger charge is 2.51. The Hall–Kier alpha value is -2.00. The van der Waals surface area contributed by atoms with Crippen LogP contribution in [0.15, 0.2) is 42.5 Å². The molecule has 0 radical (unpaired) electrons. The van der Waals surface area contributed by atoms with E-state index in [-0.39, 0.29) is 5.41 Å². The summed E-state index contributed by atoms with van der Waals surface area (Å²) >= 11 is 0. The average molecular weight is 408 g/mol. The zero-order valence-electron chi connectivity index (χ0n) is 18.7. The first-order valence-electron chi connectivity index (χ1n) is 11.7. The standard InChI is InChI=1S/C27H37NO2/c1-4-13-26(30)14-15-27(17-20-5-9-23(10-6-20)28-19(2)3)22(18-26)8-7-21-16-24(29)11-12-25(21)27/h5-6,9-12,16,19,22,28-30H,4,7-8,13-15,17-18H2,1-3H3. The van der Waals surface area contributed by atoms with Crippen molar-refractivity contribution in [3.05, 3.63) is 59.2 Å². The molecule has 1 saturated carbocycles. The van der Waals surface area contributed by atoms with E-state index < -0.39 is 5.60 Å². The maximum Gasteiger partial charge on any atom is 0.115 e. The third-order valence-electron chi connectivity index (χ3n) is 7.48. The predicted molar refractivity (Wildman–Crippen MR) is 124 cm³/mol. The van der Waals surface area contributed by atoms with Gasteiger partial charge in [0, 0.05) is 17.1 Å². The molecular weight excluding hydrogens is 370 g/mol. The molecule has 0 bridgehead atoms. The number of fused-ring (bicyclic) bond motifs is 3. The van der Waals surface area contributed by atoms with Crippen LogP contribution < -0.4 is 5.32 Å². The predicted octanol–water partition coefficient (Wildman–Crippen LogP) is 5.97. The molecule has 3 N–H and O–H groups in total. The lowest BCUT2D eigenvalue weighted by molar-refractivity contribution is -0.0565. The van der Waals surface area contributed by atoms with Gasteiger partial charge in [-0.25, -0.2) is 0 Å². The number of hydrogen-bond donors (Lipinski definition) is 3. The van der Waals surface area contributed by atoms with E-state index in [0.29, 0.717) is 17.7 Å². The first kappa shape index (κ1) is 21.2. The minimum absolute atomic E-state index is 0.0498. The third-order valence-corrected chi connectivity index (χ3v) is 7.48. The summed E-state index contributed by atoms with van der Waals surface area (Å²) in [7, 11) is 0. The Bertz CT molecular complexity index is 875. The van der Waals surface area contributed by atoms with Crippen LogP contribution in [-0.4, -0.2) is 21.9 Å². The van der Waals surface area contributed by atoms with Gasteiger partial charge in [0.1, 0.15) is 5.75 Å². The van der Waals surface area contributed by atoms with Crippen LogP contribution in [0.25, 0.3) is 0 Å². The summed E-state index contributed by atoms with van der Waals surface area (Å²) in [6.45, 7) is 6.49. The number of hydrogen-bond acceptors (Lipinski definition) is 3. The largest absolute Gasteiger partial charge is 0.508 e. The Labute approximate surface area is 181 Å². The molecule has 30 heavy (non-hydrogen) atoms. The number of aliphatic hydroxyl groups is 1. The van der Waals surface area contributed by atoms with Crippen LogP contribution >= 0.6 is 0 Å². The number of phenolic OH excluding ortho intramolecular Hbond substituents is 1. The zero-order valence-corrected chi connectivity index (χ0v) is 18.7. The molecule has 0 aromatic heterocycles. The third kappa shape index (κ3) is 4.09. The molecule has 0 amide bonds. The number of benzene rings is 2. The fraction of sp³-hybridized carbons (Fsp3) is 0.556. The summed E-state index contributed by atoms with van der Waals surface area (Å²) in [5.41, 5.74) is 4.76. The van der Waals surface area contributed by atoms with Crippen LogP contribution in [0.5, 0.6) is 5.75 Å². The quantitative estimate of drug-likeness (QED) is 0.553. The van der Waals surface area contributed by atoms with Crippen LogP contribution in [0.4, 0.5) is 5.69 Å². The van der Waals surface area contributed by atoms with Gasteiger partial charge >= 0.3 is 0 Å². The van der Waals surface area contributed by atoms with Gasteiger partial charge in [0.05, 0.1) is 5.60 Å². The van der Waals surface area contributed by atoms with E-state index in [1.54, 1.807) is 0 Å². The number of rotatable bonds is 6. The second-order valence-corrected chi connectivity index (χ2v) is 10.1. The molecule has 0 heterocycles. The van der Waals surface area contributed by atoms with Crippen molar-refractivity contribution in [2.75, 3.05) is 5.32 Å². The zero-order chi connectivity index (χ0) is 21.4. The topological polar surface area (TPSA) is 52.5 Å². The van der Waals surface area contributed by atoms with Gasteiger partial charge in [0.15, 0.2) is 0 Å². The summed E-state index contributed by atoms with van der Waals surface area (Å²) in [6, 6.07) is 15.3. The van der Waals surface area contributed by atoms with Crippen molar-refractivity contribution in [2.45, 2.75) is 89.2 Å². The Kier molecular flexibility index (Phi) is 5.85. The lowest BCUT2D eigenvalue weighted by Gasteiger charge is -2.53. The molecule has 3 unspecified atom stereocenters. The van der Waals surface area contributed by atoms with Crippen LogP contribution in [-0.2, 0) is 18.3 Å². The Morgan fingerprint density at radius 2 is 1.87 bits per heavy atom. The van der Waals surface area contributed by atoms with Gasteiger partial charge in [-0.15, -0.1) is 0 Å². The van der Waals surface area contributed by atoms with E-state index in [4.69, 9.17) is 0 Å². The molecule has 3 nitrogen and oxygen atoms in total. The van der Waals surface area contributed by atoms with Crippen molar-refractivity contribution in [1.82, 2.24) is 0 Å². The van der Waals surface area contributed by atoms with E-state index in [2.05, 4.69) is 56.4 Å². The van der Waals surface area contributed by atoms with E-state index in [9.17, 15) is 10.2 Å². The number of phenols is 1. The molecule has 162 valence electrons. The van der Waals surface area contributed by atoms with Crippen LogP contribution in [0.2, 0.25) is 0 Å². The summed E-state index contributed by atoms with van der Waals surface area (Å²) < 4.78 is 0. The monoisotopic (exact) mass is 407 g/mol. The average Bonchev–Trinajstić information content (AvgIpc) is 2.69. The summed E-state index contributed by atoms with van der Waals surface area (Å²) in [6.07, 6.45) is 7.80. The lowest BCUT2D eigenvalue weighted by Crippen LogP contribution is -2.51. The maximum absolute atomic E-state index is 11.3. The molecule has 2 aromatic carbocycles. The van der Waals surface area contributed by atoms with Crippen molar-refractivity contribution < 1.29 is 10.2 Å². The molecule has 1 fully saturated rings. The minimum Gasteiger partial charge on any atom is -0.508 e. The van der Waals surface area contributed by atoms with Gasteiger partial charge < -0.3 is 15.5 Å². The lowest BCUT2D eigenvalue weighted by atomic mass is 9.52. The second-order valence-electron chi connectivity index (χ2n) is 10.1. The van der Waals surface area contributed by atoms with Crippen LogP contribution in [0, 0.1) is 5.92 Å². The number of nitrogens with one attached hydrogen (secondary N) is 1. The van der Waals surface area contributed by atoms with Crippen molar-refractivity contribution in [2.24, 2.45) is 5.92 Å². The van der Waals surface area contributed by atoms with Gasteiger partial charge in [-0.3, -0.25) is 0 Å². The Balaban J connectivity index is 1.68. The summed E-state index contributed by atoms with van der Waals surface area (Å²) in [5, 5.41) is 24.8. The van der Waals surface area contributed by atoms with Gasteiger partial charge in [-0.2, -0.15) is 0 Å². The Morgan fingerprint density at radius 1 is 1.10 bits per heavy atom. The van der Waals surface area contributed by atoms with Gasteiger partial charge in [-0.05, 0) is 106 Å². The Morgan fingerprint density at radius 3 is 2.57 bits per heavy atom. The molecule has 3 heteroatoms. The van der Waals surface area contributed by atoms with Gasteiger partial charge in [0.2, 0.25) is 0 Å². The first-order chi connectivity index (χ1) is 14.3. The molecule has 0 aliphatic heterocycles. The van der Waals surface area contributed by atoms with E-state index in [1.165, 1.54) is 16.7 Å². The van der Waals surface area contributed by atoms with Crippen LogP contribution in [0.1, 0.15) is 76.0 Å². The van der Waals surface area contributed by atoms with E-state index in [0.717, 1.165) is 57.1 Å². The van der Waals surface area contributed by atoms with Crippen molar-refractivity contribution in [1.29, 1.82) is 0 Å². The van der Waals surface area contributed by atoms with Crippen molar-refractivity contribution in [3.8, 4) is 5.75 Å². The minimum atomic E-state index is -0.512. The normalized spacial score (nSPS) is 28.1. The first-order valence-corrected chi connectivity index (χ1v) is 11.7. The fourth-order valence-electron chi connectivity index (χ4n) is 6.19. The van der Waals surface area contributed by atoms with Gasteiger partial charge in [0.25, 0.3) is 0 Å². The summed E-state index contributed by atoms with van der Waals surface area (Å²) in [5.74, 6) is 0.845. The van der Waals surface area contributed by atoms with Crippen molar-refractivity contribution >= 4 is 5.69 Å². The molecule has 0 saturated heterocycles. The second kappa shape index (κ2) is 8.26. The molecular formula is C27H37NO2.